The molecule has 0 radical (unpaired) electrons. The SMILES string of the molecule is O=C(SCP(=O)(O)O)[C@H](O)[C@H](O)[C@H](O)CO. The summed E-state index contributed by atoms with van der Waals surface area (Å²) in [4.78, 5) is 28.0. The van der Waals surface area contributed by atoms with Gasteiger partial charge in [-0.1, -0.05) is 11.8 Å². The Labute approximate surface area is 95.1 Å². The minimum atomic E-state index is -4.38. The van der Waals surface area contributed by atoms with Crippen LogP contribution in [0.15, 0.2) is 0 Å². The summed E-state index contributed by atoms with van der Waals surface area (Å²) in [5, 5.41) is 34.5. The molecule has 10 heteroatoms. The van der Waals surface area contributed by atoms with Crippen molar-refractivity contribution in [2.75, 3.05) is 12.1 Å². The molecule has 0 saturated heterocycles. The molecule has 0 aliphatic carbocycles. The first-order chi connectivity index (χ1) is 7.19. The molecule has 96 valence electrons. The highest BCUT2D eigenvalue weighted by Gasteiger charge is 2.31. The molecule has 0 aromatic heterocycles. The average molecular weight is 276 g/mol. The van der Waals surface area contributed by atoms with Gasteiger partial charge in [-0.3, -0.25) is 9.36 Å². The Morgan fingerprint density at radius 1 is 1.25 bits per heavy atom. The third kappa shape index (κ3) is 5.92. The van der Waals surface area contributed by atoms with Crippen LogP contribution in [-0.4, -0.2) is 65.7 Å². The highest BCUT2D eigenvalue weighted by molar-refractivity contribution is 8.17. The summed E-state index contributed by atoms with van der Waals surface area (Å²) in [5.74, 6) is 0. The summed E-state index contributed by atoms with van der Waals surface area (Å²) in [6.45, 7) is -0.853. The first-order valence-corrected chi connectivity index (χ1v) is 6.83. The van der Waals surface area contributed by atoms with Gasteiger partial charge < -0.3 is 30.2 Å². The third-order valence-corrected chi connectivity index (χ3v) is 3.91. The van der Waals surface area contributed by atoms with Gasteiger partial charge in [-0.15, -0.1) is 0 Å². The van der Waals surface area contributed by atoms with Gasteiger partial charge in [0.25, 0.3) is 0 Å². The molecule has 0 spiro atoms. The summed E-state index contributed by atoms with van der Waals surface area (Å²) in [5.41, 5.74) is -0.829. The van der Waals surface area contributed by atoms with Crippen LogP contribution in [0.4, 0.5) is 0 Å². The normalized spacial score (nSPS) is 17.9. The van der Waals surface area contributed by atoms with Gasteiger partial charge in [-0.05, 0) is 0 Å². The number of aliphatic hydroxyl groups excluding tert-OH is 4. The molecular formula is C6H13O8PS. The second kappa shape index (κ2) is 6.67. The maximum absolute atomic E-state index is 11.1. The van der Waals surface area contributed by atoms with Gasteiger partial charge in [0.05, 0.1) is 6.61 Å². The second-order valence-electron chi connectivity index (χ2n) is 2.94. The molecule has 0 bridgehead atoms. The average Bonchev–Trinajstić information content (AvgIpc) is 2.21. The molecule has 0 aromatic rings. The molecule has 0 fully saturated rings. The number of hydrogen-bond donors (Lipinski definition) is 6. The minimum Gasteiger partial charge on any atom is -0.394 e. The van der Waals surface area contributed by atoms with E-state index in [0.29, 0.717) is 0 Å². The van der Waals surface area contributed by atoms with Crippen LogP contribution in [0.2, 0.25) is 0 Å². The van der Waals surface area contributed by atoms with Gasteiger partial charge in [0.15, 0.2) is 6.10 Å². The lowest BCUT2D eigenvalue weighted by atomic mass is 10.1. The fourth-order valence-electron chi connectivity index (χ4n) is 0.691. The molecule has 0 unspecified atom stereocenters. The Morgan fingerprint density at radius 3 is 2.12 bits per heavy atom. The number of carbonyl (C=O) groups excluding carboxylic acids is 1. The van der Waals surface area contributed by atoms with E-state index < -0.39 is 43.1 Å². The Bertz CT molecular complexity index is 278. The molecule has 0 rings (SSSR count). The van der Waals surface area contributed by atoms with Crippen molar-refractivity contribution in [1.82, 2.24) is 0 Å². The van der Waals surface area contributed by atoms with Crippen molar-refractivity contribution < 1.29 is 39.6 Å². The molecule has 0 aromatic carbocycles. The van der Waals surface area contributed by atoms with Crippen molar-refractivity contribution in [1.29, 1.82) is 0 Å². The zero-order valence-electron chi connectivity index (χ0n) is 8.00. The van der Waals surface area contributed by atoms with Crippen molar-refractivity contribution in [2.45, 2.75) is 18.3 Å². The summed E-state index contributed by atoms with van der Waals surface area (Å²) < 4.78 is 10.4. The lowest BCUT2D eigenvalue weighted by molar-refractivity contribution is -0.131. The fraction of sp³-hybridized carbons (Fsp3) is 0.833. The van der Waals surface area contributed by atoms with Crippen molar-refractivity contribution in [2.24, 2.45) is 0 Å². The Kier molecular flexibility index (Phi) is 6.68. The molecule has 16 heavy (non-hydrogen) atoms. The van der Waals surface area contributed by atoms with Crippen molar-refractivity contribution in [3.8, 4) is 0 Å². The van der Waals surface area contributed by atoms with E-state index in [9.17, 15) is 9.36 Å². The molecule has 8 nitrogen and oxygen atoms in total. The quantitative estimate of drug-likeness (QED) is 0.288. The van der Waals surface area contributed by atoms with Gasteiger partial charge in [0, 0.05) is 0 Å². The molecule has 3 atom stereocenters. The van der Waals surface area contributed by atoms with Crippen LogP contribution in [0, 0.1) is 0 Å². The largest absolute Gasteiger partial charge is 0.394 e. The van der Waals surface area contributed by atoms with Crippen LogP contribution >= 0.6 is 19.4 Å². The van der Waals surface area contributed by atoms with Crippen LogP contribution in [0.3, 0.4) is 0 Å². The van der Waals surface area contributed by atoms with Gasteiger partial charge in [0.1, 0.15) is 17.7 Å². The first-order valence-electron chi connectivity index (χ1n) is 4.05. The van der Waals surface area contributed by atoms with Crippen molar-refractivity contribution in [3.63, 3.8) is 0 Å². The molecule has 0 amide bonds. The van der Waals surface area contributed by atoms with Gasteiger partial charge in [-0.25, -0.2) is 0 Å². The molecule has 0 saturated carbocycles. The standard InChI is InChI=1S/C6H13O8PS/c7-1-3(8)4(9)5(10)6(11)16-2-15(12,13)14/h3-5,7-10H,1-2H2,(H2,12,13,14)/t3-,4-,5-/m1/s1. The number of rotatable bonds is 6. The summed E-state index contributed by atoms with van der Waals surface area (Å²) >= 11 is 0.143. The lowest BCUT2D eigenvalue weighted by Gasteiger charge is -2.19. The van der Waals surface area contributed by atoms with E-state index in [0.717, 1.165) is 0 Å². The Hall–Kier alpha value is 0.01000. The first kappa shape index (κ1) is 16.0. The molecule has 0 heterocycles. The van der Waals surface area contributed by atoms with E-state index in [1.165, 1.54) is 0 Å². The maximum atomic E-state index is 11.1. The highest BCUT2D eigenvalue weighted by atomic mass is 32.2. The van der Waals surface area contributed by atoms with E-state index in [2.05, 4.69) is 0 Å². The number of thioether (sulfide) groups is 1. The Balaban J connectivity index is 4.23. The maximum Gasteiger partial charge on any atom is 0.335 e. The van der Waals surface area contributed by atoms with Crippen LogP contribution in [0.5, 0.6) is 0 Å². The summed E-state index contributed by atoms with van der Waals surface area (Å²) in [7, 11) is -4.38. The van der Waals surface area contributed by atoms with E-state index in [-0.39, 0.29) is 11.8 Å². The zero-order chi connectivity index (χ0) is 12.9. The van der Waals surface area contributed by atoms with E-state index in [1.54, 1.807) is 0 Å². The number of hydrogen-bond acceptors (Lipinski definition) is 7. The molecule has 0 aliphatic rings. The van der Waals surface area contributed by atoms with Gasteiger partial charge in [0.2, 0.25) is 5.12 Å². The van der Waals surface area contributed by atoms with Crippen molar-refractivity contribution in [3.05, 3.63) is 0 Å². The van der Waals surface area contributed by atoms with E-state index in [4.69, 9.17) is 30.2 Å². The fourth-order valence-corrected chi connectivity index (χ4v) is 2.18. The monoisotopic (exact) mass is 276 g/mol. The van der Waals surface area contributed by atoms with Gasteiger partial charge >= 0.3 is 7.60 Å². The van der Waals surface area contributed by atoms with Crippen LogP contribution < -0.4 is 0 Å². The lowest BCUT2D eigenvalue weighted by Crippen LogP contribution is -2.43. The van der Waals surface area contributed by atoms with Crippen LogP contribution in [0.25, 0.3) is 0 Å². The van der Waals surface area contributed by atoms with Crippen LogP contribution in [0.1, 0.15) is 0 Å². The third-order valence-electron chi connectivity index (χ3n) is 1.52. The minimum absolute atomic E-state index is 0.143. The highest BCUT2D eigenvalue weighted by Crippen LogP contribution is 2.39. The number of aliphatic hydroxyl groups is 4. The van der Waals surface area contributed by atoms with Crippen LogP contribution in [-0.2, 0) is 9.36 Å². The molecular weight excluding hydrogens is 263 g/mol. The Morgan fingerprint density at radius 2 is 1.75 bits per heavy atom. The second-order valence-corrected chi connectivity index (χ2v) is 6.00. The summed E-state index contributed by atoms with van der Waals surface area (Å²) in [6.07, 6.45) is -5.62. The number of carbonyl (C=O) groups is 1. The zero-order valence-corrected chi connectivity index (χ0v) is 9.71. The smallest absolute Gasteiger partial charge is 0.335 e. The topological polar surface area (TPSA) is 156 Å². The van der Waals surface area contributed by atoms with Crippen molar-refractivity contribution >= 4 is 24.5 Å². The predicted octanol–water partition coefficient (Wildman–Crippen LogP) is -2.54. The summed E-state index contributed by atoms with van der Waals surface area (Å²) in [6, 6.07) is 0. The predicted molar refractivity (Wildman–Crippen MR) is 54.6 cm³/mol. The van der Waals surface area contributed by atoms with E-state index in [1.807, 2.05) is 0 Å². The molecule has 6 N–H and O–H groups in total. The van der Waals surface area contributed by atoms with E-state index >= 15 is 0 Å². The van der Waals surface area contributed by atoms with Gasteiger partial charge in [-0.2, -0.15) is 0 Å². The molecule has 0 aliphatic heterocycles.